The monoisotopic (exact) mass is 345 g/mol. The maximum atomic E-state index is 12.4. The summed E-state index contributed by atoms with van der Waals surface area (Å²) in [5.41, 5.74) is 6.21. The molecule has 0 atom stereocenters. The smallest absolute Gasteiger partial charge is 0.416 e. The van der Waals surface area contributed by atoms with Gasteiger partial charge < -0.3 is 10.5 Å². The van der Waals surface area contributed by atoms with Gasteiger partial charge in [-0.3, -0.25) is 0 Å². The molecule has 0 saturated carbocycles. The Kier molecular flexibility index (Phi) is 4.23. The van der Waals surface area contributed by atoms with E-state index in [2.05, 4.69) is 15.9 Å². The number of alkyl halides is 3. The summed E-state index contributed by atoms with van der Waals surface area (Å²) in [6.45, 7) is 0.167. The number of hydrogen-bond acceptors (Lipinski definition) is 2. The molecule has 20 heavy (non-hydrogen) atoms. The number of benzene rings is 2. The van der Waals surface area contributed by atoms with Gasteiger partial charge in [0.05, 0.1) is 10.0 Å². The van der Waals surface area contributed by atoms with Gasteiger partial charge in [0.15, 0.2) is 0 Å². The van der Waals surface area contributed by atoms with Gasteiger partial charge in [0, 0.05) is 5.69 Å². The van der Waals surface area contributed by atoms with Crippen LogP contribution in [0.1, 0.15) is 11.1 Å². The van der Waals surface area contributed by atoms with E-state index in [1.165, 1.54) is 12.1 Å². The van der Waals surface area contributed by atoms with Crippen LogP contribution in [0.4, 0.5) is 18.9 Å². The lowest BCUT2D eigenvalue weighted by Gasteiger charge is -2.11. The first kappa shape index (κ1) is 14.7. The number of hydrogen-bond donors (Lipinski definition) is 1. The predicted molar refractivity (Wildman–Crippen MR) is 74.3 cm³/mol. The van der Waals surface area contributed by atoms with Gasteiger partial charge in [-0.1, -0.05) is 18.2 Å². The van der Waals surface area contributed by atoms with Gasteiger partial charge in [-0.2, -0.15) is 13.2 Å². The van der Waals surface area contributed by atoms with Crippen LogP contribution in [0, 0.1) is 0 Å². The highest BCUT2D eigenvalue weighted by Gasteiger charge is 2.29. The molecule has 0 aliphatic rings. The van der Waals surface area contributed by atoms with Crippen LogP contribution < -0.4 is 10.5 Å². The molecule has 0 spiro atoms. The standard InChI is InChI=1S/C14H11BrF3NO/c15-13-11(19)2-1-3-12(13)20-8-9-4-6-10(7-5-9)14(16,17)18/h1-7H,8,19H2. The Labute approximate surface area is 122 Å². The van der Waals surface area contributed by atoms with Crippen LogP contribution in [0.25, 0.3) is 0 Å². The Morgan fingerprint density at radius 3 is 2.30 bits per heavy atom. The van der Waals surface area contributed by atoms with Gasteiger partial charge in [-0.05, 0) is 45.8 Å². The van der Waals surface area contributed by atoms with Crippen molar-refractivity contribution < 1.29 is 17.9 Å². The maximum Gasteiger partial charge on any atom is 0.416 e. The minimum Gasteiger partial charge on any atom is -0.488 e. The van der Waals surface area contributed by atoms with Crippen molar-refractivity contribution in [2.24, 2.45) is 0 Å². The van der Waals surface area contributed by atoms with E-state index in [4.69, 9.17) is 10.5 Å². The molecule has 0 fully saturated rings. The number of rotatable bonds is 3. The lowest BCUT2D eigenvalue weighted by atomic mass is 10.1. The minimum atomic E-state index is -4.32. The molecular weight excluding hydrogens is 335 g/mol. The van der Waals surface area contributed by atoms with Crippen molar-refractivity contribution in [3.8, 4) is 5.75 Å². The fourth-order valence-electron chi connectivity index (χ4n) is 1.59. The highest BCUT2D eigenvalue weighted by Crippen LogP contribution is 2.31. The summed E-state index contributed by atoms with van der Waals surface area (Å²) in [5, 5.41) is 0. The van der Waals surface area contributed by atoms with E-state index in [0.29, 0.717) is 21.5 Å². The molecule has 0 saturated heterocycles. The molecule has 2 nitrogen and oxygen atoms in total. The minimum absolute atomic E-state index is 0.167. The summed E-state index contributed by atoms with van der Waals surface area (Å²) in [6, 6.07) is 10.0. The summed E-state index contributed by atoms with van der Waals surface area (Å²) in [7, 11) is 0. The second-order valence-corrected chi connectivity index (χ2v) is 4.94. The first-order valence-electron chi connectivity index (χ1n) is 5.71. The van der Waals surface area contributed by atoms with E-state index in [1.54, 1.807) is 18.2 Å². The zero-order valence-electron chi connectivity index (χ0n) is 10.2. The van der Waals surface area contributed by atoms with E-state index in [9.17, 15) is 13.2 Å². The highest BCUT2D eigenvalue weighted by atomic mass is 79.9. The van der Waals surface area contributed by atoms with Crippen LogP contribution >= 0.6 is 15.9 Å². The molecule has 2 aromatic carbocycles. The summed E-state index contributed by atoms with van der Waals surface area (Å²) < 4.78 is 43.4. The molecule has 0 heterocycles. The number of halogens is 4. The lowest BCUT2D eigenvalue weighted by Crippen LogP contribution is -2.05. The predicted octanol–water partition coefficient (Wildman–Crippen LogP) is 4.63. The van der Waals surface area contributed by atoms with Crippen molar-refractivity contribution in [1.82, 2.24) is 0 Å². The average molecular weight is 346 g/mol. The Hall–Kier alpha value is -1.69. The maximum absolute atomic E-state index is 12.4. The van der Waals surface area contributed by atoms with Crippen LogP contribution in [-0.2, 0) is 12.8 Å². The molecule has 2 aromatic rings. The number of anilines is 1. The Morgan fingerprint density at radius 2 is 1.70 bits per heavy atom. The third-order valence-corrected chi connectivity index (χ3v) is 3.52. The molecule has 0 aromatic heterocycles. The number of nitrogens with two attached hydrogens (primary N) is 1. The summed E-state index contributed by atoms with van der Waals surface area (Å²) in [4.78, 5) is 0. The van der Waals surface area contributed by atoms with Crippen molar-refractivity contribution in [2.75, 3.05) is 5.73 Å². The topological polar surface area (TPSA) is 35.2 Å². The van der Waals surface area contributed by atoms with E-state index in [-0.39, 0.29) is 6.61 Å². The SMILES string of the molecule is Nc1cccc(OCc2ccc(C(F)(F)F)cc2)c1Br. The summed E-state index contributed by atoms with van der Waals surface area (Å²) in [6.07, 6.45) is -4.32. The first-order chi connectivity index (χ1) is 9.38. The molecule has 2 N–H and O–H groups in total. The lowest BCUT2D eigenvalue weighted by molar-refractivity contribution is -0.137. The normalized spacial score (nSPS) is 11.4. The molecule has 0 unspecified atom stereocenters. The molecule has 0 radical (unpaired) electrons. The zero-order valence-corrected chi connectivity index (χ0v) is 11.8. The van der Waals surface area contributed by atoms with Gasteiger partial charge in [0.1, 0.15) is 12.4 Å². The quantitative estimate of drug-likeness (QED) is 0.823. The van der Waals surface area contributed by atoms with E-state index in [1.807, 2.05) is 0 Å². The van der Waals surface area contributed by atoms with Crippen molar-refractivity contribution in [2.45, 2.75) is 12.8 Å². The Morgan fingerprint density at radius 1 is 1.05 bits per heavy atom. The number of nitrogen functional groups attached to an aromatic ring is 1. The molecular formula is C14H11BrF3NO. The van der Waals surface area contributed by atoms with Crippen molar-refractivity contribution in [3.63, 3.8) is 0 Å². The summed E-state index contributed by atoms with van der Waals surface area (Å²) in [5.74, 6) is 0.546. The largest absolute Gasteiger partial charge is 0.488 e. The second kappa shape index (κ2) is 5.75. The van der Waals surface area contributed by atoms with E-state index in [0.717, 1.165) is 12.1 Å². The highest BCUT2D eigenvalue weighted by molar-refractivity contribution is 9.10. The van der Waals surface area contributed by atoms with Crippen LogP contribution in [-0.4, -0.2) is 0 Å². The van der Waals surface area contributed by atoms with Crippen LogP contribution in [0.3, 0.4) is 0 Å². The molecule has 0 amide bonds. The number of ether oxygens (including phenoxy) is 1. The van der Waals surface area contributed by atoms with Crippen molar-refractivity contribution >= 4 is 21.6 Å². The molecule has 0 aliphatic carbocycles. The molecule has 106 valence electrons. The summed E-state index contributed by atoms with van der Waals surface area (Å²) >= 11 is 3.29. The fraction of sp³-hybridized carbons (Fsp3) is 0.143. The Bertz CT molecular complexity index is 596. The molecule has 0 bridgehead atoms. The third kappa shape index (κ3) is 3.45. The van der Waals surface area contributed by atoms with Crippen LogP contribution in [0.2, 0.25) is 0 Å². The Balaban J connectivity index is 2.06. The average Bonchev–Trinajstić information content (AvgIpc) is 2.40. The fourth-order valence-corrected chi connectivity index (χ4v) is 1.97. The second-order valence-electron chi connectivity index (χ2n) is 4.14. The van der Waals surface area contributed by atoms with Crippen LogP contribution in [0.5, 0.6) is 5.75 Å². The zero-order chi connectivity index (χ0) is 14.8. The third-order valence-electron chi connectivity index (χ3n) is 2.67. The molecule has 2 rings (SSSR count). The first-order valence-corrected chi connectivity index (χ1v) is 6.50. The van der Waals surface area contributed by atoms with Gasteiger partial charge in [-0.25, -0.2) is 0 Å². The van der Waals surface area contributed by atoms with E-state index >= 15 is 0 Å². The molecule has 6 heteroatoms. The van der Waals surface area contributed by atoms with Gasteiger partial charge >= 0.3 is 6.18 Å². The van der Waals surface area contributed by atoms with Crippen molar-refractivity contribution in [1.29, 1.82) is 0 Å². The van der Waals surface area contributed by atoms with Crippen LogP contribution in [0.15, 0.2) is 46.9 Å². The van der Waals surface area contributed by atoms with E-state index < -0.39 is 11.7 Å². The van der Waals surface area contributed by atoms with Gasteiger partial charge in [0.25, 0.3) is 0 Å². The van der Waals surface area contributed by atoms with Crippen molar-refractivity contribution in [3.05, 3.63) is 58.1 Å². The van der Waals surface area contributed by atoms with Gasteiger partial charge in [0.2, 0.25) is 0 Å². The van der Waals surface area contributed by atoms with Gasteiger partial charge in [-0.15, -0.1) is 0 Å². The molecule has 0 aliphatic heterocycles.